The Kier molecular flexibility index (Phi) is 6.65. The van der Waals surface area contributed by atoms with E-state index >= 15 is 0 Å². The number of rotatable bonds is 5. The minimum absolute atomic E-state index is 0.0844. The average Bonchev–Trinajstić information content (AvgIpc) is 3.28. The van der Waals surface area contributed by atoms with Crippen LogP contribution >= 0.6 is 11.3 Å². The van der Waals surface area contributed by atoms with E-state index in [1.165, 1.54) is 11.3 Å². The molecule has 1 aromatic heterocycles. The summed E-state index contributed by atoms with van der Waals surface area (Å²) in [7, 11) is -3.62. The van der Waals surface area contributed by atoms with E-state index in [9.17, 15) is 13.2 Å². The van der Waals surface area contributed by atoms with Crippen molar-refractivity contribution in [2.24, 2.45) is 0 Å². The minimum atomic E-state index is -3.62. The van der Waals surface area contributed by atoms with E-state index in [0.29, 0.717) is 28.7 Å². The van der Waals surface area contributed by atoms with E-state index in [0.717, 1.165) is 35.1 Å². The molecule has 3 aromatic rings. The van der Waals surface area contributed by atoms with Crippen LogP contribution in [0.1, 0.15) is 55.8 Å². The Morgan fingerprint density at radius 1 is 1.03 bits per heavy atom. The van der Waals surface area contributed by atoms with Crippen LogP contribution in [0.3, 0.4) is 0 Å². The Labute approximate surface area is 198 Å². The van der Waals surface area contributed by atoms with E-state index in [4.69, 9.17) is 0 Å². The molecule has 0 aliphatic carbocycles. The standard InChI is InChI=1S/C24H28N4O3S2/c1-15-7-9-20(10-8-15)25-22(29)24-27-26-23(32-24)19-6-5-11-28(14-19)33(30,31)21-13-17(3)16(2)12-18(21)4/h7-10,12-13,19H,5-6,11,14H2,1-4H3,(H,25,29)/t19-/m1/s1. The van der Waals surface area contributed by atoms with Gasteiger partial charge in [-0.15, -0.1) is 10.2 Å². The first-order valence-corrected chi connectivity index (χ1v) is 13.2. The molecule has 4 rings (SSSR count). The molecule has 2 heterocycles. The van der Waals surface area contributed by atoms with Crippen LogP contribution < -0.4 is 5.32 Å². The van der Waals surface area contributed by atoms with Gasteiger partial charge < -0.3 is 5.32 Å². The maximum Gasteiger partial charge on any atom is 0.286 e. The quantitative estimate of drug-likeness (QED) is 0.572. The molecular weight excluding hydrogens is 456 g/mol. The van der Waals surface area contributed by atoms with Gasteiger partial charge >= 0.3 is 0 Å². The first-order valence-electron chi connectivity index (χ1n) is 10.9. The Morgan fingerprint density at radius 2 is 1.73 bits per heavy atom. The third-order valence-electron chi connectivity index (χ3n) is 6.09. The van der Waals surface area contributed by atoms with Crippen molar-refractivity contribution < 1.29 is 13.2 Å². The van der Waals surface area contributed by atoms with E-state index in [2.05, 4.69) is 15.5 Å². The number of carbonyl (C=O) groups is 1. The zero-order valence-electron chi connectivity index (χ0n) is 19.3. The lowest BCUT2D eigenvalue weighted by Gasteiger charge is -2.31. The second-order valence-corrected chi connectivity index (χ2v) is 11.6. The van der Waals surface area contributed by atoms with Gasteiger partial charge in [-0.05, 0) is 75.4 Å². The molecule has 1 amide bonds. The predicted molar refractivity (Wildman–Crippen MR) is 130 cm³/mol. The number of nitrogens with one attached hydrogen (secondary N) is 1. The predicted octanol–water partition coefficient (Wildman–Crippen LogP) is 4.59. The van der Waals surface area contributed by atoms with Gasteiger partial charge in [-0.3, -0.25) is 4.79 Å². The van der Waals surface area contributed by atoms with Crippen LogP contribution in [-0.4, -0.2) is 41.9 Å². The number of piperidine rings is 1. The Balaban J connectivity index is 1.50. The topological polar surface area (TPSA) is 92.3 Å². The highest BCUT2D eigenvalue weighted by atomic mass is 32.2. The van der Waals surface area contributed by atoms with Crippen molar-refractivity contribution in [1.29, 1.82) is 0 Å². The molecule has 1 fully saturated rings. The molecule has 174 valence electrons. The Hall–Kier alpha value is -2.62. The van der Waals surface area contributed by atoms with Crippen LogP contribution in [0.4, 0.5) is 5.69 Å². The van der Waals surface area contributed by atoms with Crippen molar-refractivity contribution in [2.45, 2.75) is 51.3 Å². The van der Waals surface area contributed by atoms with E-state index in [1.54, 1.807) is 10.4 Å². The third kappa shape index (κ3) is 5.00. The fourth-order valence-electron chi connectivity index (χ4n) is 4.03. The zero-order valence-corrected chi connectivity index (χ0v) is 20.9. The molecule has 0 saturated carbocycles. The first kappa shape index (κ1) is 23.5. The third-order valence-corrected chi connectivity index (χ3v) is 9.18. The molecule has 0 spiro atoms. The van der Waals surface area contributed by atoms with Crippen molar-refractivity contribution in [3.8, 4) is 0 Å². The van der Waals surface area contributed by atoms with Gasteiger partial charge in [0.1, 0.15) is 5.01 Å². The minimum Gasteiger partial charge on any atom is -0.320 e. The van der Waals surface area contributed by atoms with Gasteiger partial charge in [-0.25, -0.2) is 8.42 Å². The molecule has 0 radical (unpaired) electrons. The molecule has 1 N–H and O–H groups in total. The summed E-state index contributed by atoms with van der Waals surface area (Å²) in [4.78, 5) is 13.0. The second-order valence-electron chi connectivity index (χ2n) is 8.67. The van der Waals surface area contributed by atoms with Gasteiger partial charge in [-0.1, -0.05) is 35.1 Å². The number of sulfonamides is 1. The van der Waals surface area contributed by atoms with Gasteiger partial charge in [-0.2, -0.15) is 4.31 Å². The van der Waals surface area contributed by atoms with Crippen LogP contribution in [-0.2, 0) is 10.0 Å². The summed E-state index contributed by atoms with van der Waals surface area (Å²) >= 11 is 1.23. The highest BCUT2D eigenvalue weighted by Crippen LogP contribution is 2.33. The maximum absolute atomic E-state index is 13.4. The molecule has 9 heteroatoms. The van der Waals surface area contributed by atoms with E-state index < -0.39 is 10.0 Å². The normalized spacial score (nSPS) is 17.2. The Bertz CT molecular complexity index is 1280. The molecule has 1 aliphatic rings. The van der Waals surface area contributed by atoms with Gasteiger partial charge in [0.05, 0.1) is 4.90 Å². The fourth-order valence-corrected chi connectivity index (χ4v) is 6.71. The Morgan fingerprint density at radius 3 is 2.45 bits per heavy atom. The summed E-state index contributed by atoms with van der Waals surface area (Å²) in [5.74, 6) is -0.396. The number of aryl methyl sites for hydroxylation is 4. The summed E-state index contributed by atoms with van der Waals surface area (Å²) in [6.45, 7) is 8.55. The highest BCUT2D eigenvalue weighted by Gasteiger charge is 2.33. The molecule has 2 aromatic carbocycles. The summed E-state index contributed by atoms with van der Waals surface area (Å²) in [5, 5.41) is 12.1. The number of benzene rings is 2. The number of aromatic nitrogens is 2. The lowest BCUT2D eigenvalue weighted by molar-refractivity contribution is 0.102. The van der Waals surface area contributed by atoms with Gasteiger partial charge in [0, 0.05) is 24.7 Å². The molecule has 0 unspecified atom stereocenters. The zero-order chi connectivity index (χ0) is 23.8. The summed E-state index contributed by atoms with van der Waals surface area (Å²) in [6.07, 6.45) is 1.55. The summed E-state index contributed by atoms with van der Waals surface area (Å²) < 4.78 is 28.4. The lowest BCUT2D eigenvalue weighted by Crippen LogP contribution is -2.39. The van der Waals surface area contributed by atoms with Crippen LogP contribution in [0.15, 0.2) is 41.3 Å². The molecule has 1 atom stereocenters. The molecular formula is C24H28N4O3S2. The molecule has 1 aliphatic heterocycles. The number of amides is 1. The van der Waals surface area contributed by atoms with Crippen molar-refractivity contribution in [1.82, 2.24) is 14.5 Å². The van der Waals surface area contributed by atoms with Crippen molar-refractivity contribution in [3.05, 3.63) is 68.7 Å². The van der Waals surface area contributed by atoms with Gasteiger partial charge in [0.25, 0.3) is 5.91 Å². The van der Waals surface area contributed by atoms with Gasteiger partial charge in [0.2, 0.25) is 15.0 Å². The largest absolute Gasteiger partial charge is 0.320 e. The van der Waals surface area contributed by atoms with Crippen LogP contribution in [0.25, 0.3) is 0 Å². The first-order chi connectivity index (χ1) is 15.6. The number of hydrogen-bond acceptors (Lipinski definition) is 6. The fraction of sp³-hybridized carbons (Fsp3) is 0.375. The molecule has 0 bridgehead atoms. The number of anilines is 1. The van der Waals surface area contributed by atoms with E-state index in [-0.39, 0.29) is 16.8 Å². The summed E-state index contributed by atoms with van der Waals surface area (Å²) in [5.41, 5.74) is 4.60. The monoisotopic (exact) mass is 484 g/mol. The average molecular weight is 485 g/mol. The number of nitrogens with zero attached hydrogens (tertiary/aromatic N) is 3. The lowest BCUT2D eigenvalue weighted by atomic mass is 10.0. The van der Waals surface area contributed by atoms with Crippen LogP contribution in [0.5, 0.6) is 0 Å². The highest BCUT2D eigenvalue weighted by molar-refractivity contribution is 7.89. The van der Waals surface area contributed by atoms with E-state index in [1.807, 2.05) is 58.0 Å². The van der Waals surface area contributed by atoms with Crippen molar-refractivity contribution >= 4 is 33.0 Å². The molecule has 33 heavy (non-hydrogen) atoms. The van der Waals surface area contributed by atoms with Gasteiger partial charge in [0.15, 0.2) is 0 Å². The summed E-state index contributed by atoms with van der Waals surface area (Å²) in [6, 6.07) is 11.2. The molecule has 1 saturated heterocycles. The van der Waals surface area contributed by atoms with Crippen molar-refractivity contribution in [3.63, 3.8) is 0 Å². The maximum atomic E-state index is 13.4. The van der Waals surface area contributed by atoms with Crippen molar-refractivity contribution in [2.75, 3.05) is 18.4 Å². The smallest absolute Gasteiger partial charge is 0.286 e. The molecule has 7 nitrogen and oxygen atoms in total. The SMILES string of the molecule is Cc1ccc(NC(=O)c2nnc([C@@H]3CCCN(S(=O)(=O)c4cc(C)c(C)cc4C)C3)s2)cc1. The second kappa shape index (κ2) is 9.32. The van der Waals surface area contributed by atoms with Crippen LogP contribution in [0.2, 0.25) is 0 Å². The van der Waals surface area contributed by atoms with Crippen LogP contribution in [0, 0.1) is 27.7 Å². The number of carbonyl (C=O) groups excluding carboxylic acids is 1. The number of hydrogen-bond donors (Lipinski definition) is 1.